The molecule has 2 heteroatoms. The molecule has 1 N–H and O–H groups in total. The Hall–Kier alpha value is -0.370. The minimum atomic E-state index is 0.0380. The maximum atomic E-state index is 12.3. The summed E-state index contributed by atoms with van der Waals surface area (Å²) in [5.74, 6) is 5.35. The van der Waals surface area contributed by atoms with Crippen molar-refractivity contribution in [2.24, 2.45) is 40.9 Å². The first-order chi connectivity index (χ1) is 10.1. The van der Waals surface area contributed by atoms with Crippen LogP contribution in [0.25, 0.3) is 0 Å². The molecular formula is C19H30O2. The van der Waals surface area contributed by atoms with Crippen molar-refractivity contribution in [3.63, 3.8) is 0 Å². The molecule has 0 spiro atoms. The van der Waals surface area contributed by atoms with E-state index in [9.17, 15) is 9.90 Å². The van der Waals surface area contributed by atoms with Crippen LogP contribution in [-0.4, -0.2) is 17.5 Å². The van der Waals surface area contributed by atoms with Crippen molar-refractivity contribution in [3.8, 4) is 0 Å². The third kappa shape index (κ3) is 2.04. The molecule has 21 heavy (non-hydrogen) atoms. The zero-order chi connectivity index (χ0) is 14.6. The number of rotatable bonds is 1. The lowest BCUT2D eigenvalue weighted by atomic mass is 9.50. The number of aliphatic hydroxyl groups is 1. The molecule has 7 atom stereocenters. The predicted octanol–water partition coefficient (Wildman–Crippen LogP) is 3.82. The van der Waals surface area contributed by atoms with Crippen LogP contribution in [0.1, 0.15) is 64.7 Å². The molecule has 0 aliphatic heterocycles. The first kappa shape index (κ1) is 14.2. The Morgan fingerprint density at radius 2 is 1.86 bits per heavy atom. The number of carbonyl (C=O) groups excluding carboxylic acids is 1. The zero-order valence-electron chi connectivity index (χ0n) is 13.4. The first-order valence-electron chi connectivity index (χ1n) is 9.27. The van der Waals surface area contributed by atoms with Crippen molar-refractivity contribution in [1.82, 2.24) is 0 Å². The van der Waals surface area contributed by atoms with E-state index in [2.05, 4.69) is 6.92 Å². The Bertz CT molecular complexity index is 431. The lowest BCUT2D eigenvalue weighted by Gasteiger charge is -2.54. The second-order valence-electron chi connectivity index (χ2n) is 8.72. The van der Waals surface area contributed by atoms with Crippen LogP contribution in [-0.2, 0) is 4.79 Å². The second kappa shape index (κ2) is 5.08. The number of fused-ring (bicyclic) bond motifs is 5. The van der Waals surface area contributed by atoms with E-state index in [0.717, 1.165) is 36.5 Å². The van der Waals surface area contributed by atoms with E-state index in [4.69, 9.17) is 0 Å². The summed E-state index contributed by atoms with van der Waals surface area (Å²) >= 11 is 0. The molecule has 0 heterocycles. The van der Waals surface area contributed by atoms with Crippen LogP contribution in [0.15, 0.2) is 0 Å². The normalized spacial score (nSPS) is 53.0. The van der Waals surface area contributed by atoms with Gasteiger partial charge in [0.15, 0.2) is 0 Å². The fourth-order valence-corrected chi connectivity index (χ4v) is 6.89. The molecule has 7 unspecified atom stereocenters. The zero-order valence-corrected chi connectivity index (χ0v) is 13.4. The maximum Gasteiger partial charge on any atom is 0.139 e. The fraction of sp³-hybridized carbons (Fsp3) is 0.947. The summed E-state index contributed by atoms with van der Waals surface area (Å²) in [4.78, 5) is 12.3. The molecule has 0 bridgehead atoms. The van der Waals surface area contributed by atoms with Crippen molar-refractivity contribution in [3.05, 3.63) is 0 Å². The minimum absolute atomic E-state index is 0.0380. The van der Waals surface area contributed by atoms with Gasteiger partial charge in [0, 0.05) is 18.4 Å². The van der Waals surface area contributed by atoms with E-state index >= 15 is 0 Å². The summed E-state index contributed by atoms with van der Waals surface area (Å²) < 4.78 is 0. The van der Waals surface area contributed by atoms with E-state index in [-0.39, 0.29) is 5.41 Å². The van der Waals surface area contributed by atoms with Crippen LogP contribution in [0, 0.1) is 40.9 Å². The van der Waals surface area contributed by atoms with Gasteiger partial charge in [-0.25, -0.2) is 0 Å². The minimum Gasteiger partial charge on any atom is -0.396 e. The highest BCUT2D eigenvalue weighted by Crippen LogP contribution is 2.61. The molecule has 0 aromatic heterocycles. The van der Waals surface area contributed by atoms with Gasteiger partial charge < -0.3 is 5.11 Å². The number of hydrogen-bond acceptors (Lipinski definition) is 2. The SMILES string of the molecule is CC12CCC3C4CCC(CO)CC4CCC3C1CCC2=O. The van der Waals surface area contributed by atoms with Crippen molar-refractivity contribution >= 4 is 5.78 Å². The van der Waals surface area contributed by atoms with Crippen LogP contribution in [0.2, 0.25) is 0 Å². The van der Waals surface area contributed by atoms with Gasteiger partial charge in [0.25, 0.3) is 0 Å². The number of hydrogen-bond donors (Lipinski definition) is 1. The average molecular weight is 290 g/mol. The molecule has 4 rings (SSSR count). The predicted molar refractivity (Wildman–Crippen MR) is 82.7 cm³/mol. The molecule has 4 fully saturated rings. The van der Waals surface area contributed by atoms with Gasteiger partial charge in [-0.1, -0.05) is 6.92 Å². The van der Waals surface area contributed by atoms with Crippen molar-refractivity contribution < 1.29 is 9.90 Å². The number of Topliss-reactive ketones (excluding diaryl/α,β-unsaturated/α-hetero) is 1. The fourth-order valence-electron chi connectivity index (χ4n) is 6.89. The molecule has 4 aliphatic rings. The molecule has 0 saturated heterocycles. The topological polar surface area (TPSA) is 37.3 Å². The molecule has 0 amide bonds. The van der Waals surface area contributed by atoms with Crippen LogP contribution in [0.3, 0.4) is 0 Å². The lowest BCUT2D eigenvalue weighted by Crippen LogP contribution is -2.48. The van der Waals surface area contributed by atoms with E-state index < -0.39 is 0 Å². The van der Waals surface area contributed by atoms with Crippen molar-refractivity contribution in [2.75, 3.05) is 6.61 Å². The Kier molecular flexibility index (Phi) is 3.44. The molecule has 0 aromatic carbocycles. The number of ketones is 1. The summed E-state index contributed by atoms with van der Waals surface area (Å²) in [5, 5.41) is 9.46. The average Bonchev–Trinajstić information content (AvgIpc) is 2.82. The highest BCUT2D eigenvalue weighted by Gasteiger charge is 2.56. The third-order valence-corrected chi connectivity index (χ3v) is 8.03. The number of aliphatic hydroxyl groups excluding tert-OH is 1. The summed E-state index contributed by atoms with van der Waals surface area (Å²) in [6.07, 6.45) is 11.1. The number of carbonyl (C=O) groups is 1. The van der Waals surface area contributed by atoms with Crippen molar-refractivity contribution in [2.45, 2.75) is 64.7 Å². The molecule has 4 saturated carbocycles. The quantitative estimate of drug-likeness (QED) is 0.797. The van der Waals surface area contributed by atoms with E-state index in [0.29, 0.717) is 24.2 Å². The van der Waals surface area contributed by atoms with Gasteiger partial charge in [-0.15, -0.1) is 0 Å². The second-order valence-corrected chi connectivity index (χ2v) is 8.72. The lowest BCUT2D eigenvalue weighted by molar-refractivity contribution is -0.133. The molecule has 118 valence electrons. The standard InChI is InChI=1S/C19H30O2/c1-19-9-8-15-14-4-2-12(11-20)10-13(14)3-5-16(15)17(19)6-7-18(19)21/h12-17,20H,2-11H2,1H3. The smallest absolute Gasteiger partial charge is 0.139 e. The van der Waals surface area contributed by atoms with Crippen LogP contribution < -0.4 is 0 Å². The van der Waals surface area contributed by atoms with E-state index in [1.807, 2.05) is 0 Å². The Morgan fingerprint density at radius 1 is 1.05 bits per heavy atom. The monoisotopic (exact) mass is 290 g/mol. The van der Waals surface area contributed by atoms with E-state index in [1.165, 1.54) is 44.9 Å². The maximum absolute atomic E-state index is 12.3. The van der Waals surface area contributed by atoms with Gasteiger partial charge >= 0.3 is 0 Å². The van der Waals surface area contributed by atoms with Crippen LogP contribution in [0.5, 0.6) is 0 Å². The molecule has 4 aliphatic carbocycles. The van der Waals surface area contributed by atoms with Crippen LogP contribution in [0.4, 0.5) is 0 Å². The molecular weight excluding hydrogens is 260 g/mol. The summed E-state index contributed by atoms with van der Waals surface area (Å²) in [6, 6.07) is 0. The van der Waals surface area contributed by atoms with Gasteiger partial charge in [-0.2, -0.15) is 0 Å². The van der Waals surface area contributed by atoms with Gasteiger partial charge in [0.2, 0.25) is 0 Å². The molecule has 0 aromatic rings. The van der Waals surface area contributed by atoms with Crippen molar-refractivity contribution in [1.29, 1.82) is 0 Å². The molecule has 0 radical (unpaired) electrons. The molecule has 2 nitrogen and oxygen atoms in total. The Morgan fingerprint density at radius 3 is 2.67 bits per heavy atom. The largest absolute Gasteiger partial charge is 0.396 e. The summed E-state index contributed by atoms with van der Waals surface area (Å²) in [6.45, 7) is 2.67. The van der Waals surface area contributed by atoms with Crippen LogP contribution >= 0.6 is 0 Å². The highest BCUT2D eigenvalue weighted by molar-refractivity contribution is 5.87. The highest BCUT2D eigenvalue weighted by atomic mass is 16.3. The van der Waals surface area contributed by atoms with Gasteiger partial charge in [-0.3, -0.25) is 4.79 Å². The third-order valence-electron chi connectivity index (χ3n) is 8.03. The first-order valence-corrected chi connectivity index (χ1v) is 9.27. The van der Waals surface area contributed by atoms with Gasteiger partial charge in [-0.05, 0) is 86.9 Å². The van der Waals surface area contributed by atoms with E-state index in [1.54, 1.807) is 0 Å². The Balaban J connectivity index is 1.54. The Labute approximate surface area is 128 Å². The van der Waals surface area contributed by atoms with Gasteiger partial charge in [0.1, 0.15) is 5.78 Å². The summed E-state index contributed by atoms with van der Waals surface area (Å²) in [5.41, 5.74) is 0.0380. The van der Waals surface area contributed by atoms with Gasteiger partial charge in [0.05, 0.1) is 0 Å². The summed E-state index contributed by atoms with van der Waals surface area (Å²) in [7, 11) is 0.